The van der Waals surface area contributed by atoms with Gasteiger partial charge in [-0.25, -0.2) is 0 Å². The molecule has 172 valence electrons. The smallest absolute Gasteiger partial charge is 0.243 e. The zero-order valence-electron chi connectivity index (χ0n) is 19.6. The Kier molecular flexibility index (Phi) is 8.35. The molecule has 3 atom stereocenters. The molecule has 0 aromatic heterocycles. The molecule has 1 N–H and O–H groups in total. The van der Waals surface area contributed by atoms with Crippen LogP contribution in [0.4, 0.5) is 0 Å². The van der Waals surface area contributed by atoms with Gasteiger partial charge >= 0.3 is 0 Å². The molecule has 0 saturated carbocycles. The number of hydrogen-bond donors (Lipinski definition) is 1. The fourth-order valence-electron chi connectivity index (χ4n) is 4.68. The molecular formula is C25H39N3O3. The molecule has 0 spiro atoms. The summed E-state index contributed by atoms with van der Waals surface area (Å²) in [7, 11) is 0. The number of carbonyl (C=O) groups is 2. The summed E-state index contributed by atoms with van der Waals surface area (Å²) >= 11 is 0. The molecule has 1 aromatic rings. The molecule has 6 nitrogen and oxygen atoms in total. The highest BCUT2D eigenvalue weighted by Crippen LogP contribution is 2.22. The molecule has 2 aliphatic rings. The summed E-state index contributed by atoms with van der Waals surface area (Å²) in [4.78, 5) is 29.0. The van der Waals surface area contributed by atoms with Gasteiger partial charge in [-0.2, -0.15) is 0 Å². The Balaban J connectivity index is 1.38. The van der Waals surface area contributed by atoms with E-state index in [1.54, 1.807) is 4.90 Å². The van der Waals surface area contributed by atoms with Crippen LogP contribution >= 0.6 is 0 Å². The van der Waals surface area contributed by atoms with Gasteiger partial charge < -0.3 is 15.0 Å². The van der Waals surface area contributed by atoms with Gasteiger partial charge in [0.15, 0.2) is 0 Å². The van der Waals surface area contributed by atoms with Crippen LogP contribution in [0.25, 0.3) is 0 Å². The van der Waals surface area contributed by atoms with Crippen LogP contribution < -0.4 is 10.1 Å². The van der Waals surface area contributed by atoms with E-state index in [0.29, 0.717) is 26.1 Å². The van der Waals surface area contributed by atoms with E-state index in [1.165, 1.54) is 13.1 Å². The third kappa shape index (κ3) is 6.45. The predicted molar refractivity (Wildman–Crippen MR) is 123 cm³/mol. The average molecular weight is 430 g/mol. The van der Waals surface area contributed by atoms with Crippen molar-refractivity contribution >= 4 is 11.8 Å². The van der Waals surface area contributed by atoms with Crippen molar-refractivity contribution < 1.29 is 14.3 Å². The van der Waals surface area contributed by atoms with Gasteiger partial charge in [0.25, 0.3) is 0 Å². The zero-order chi connectivity index (χ0) is 22.4. The zero-order valence-corrected chi connectivity index (χ0v) is 19.6. The van der Waals surface area contributed by atoms with Crippen LogP contribution in [0.15, 0.2) is 24.3 Å². The van der Waals surface area contributed by atoms with Crippen LogP contribution in [0.3, 0.4) is 0 Å². The first kappa shape index (κ1) is 23.6. The Hall–Kier alpha value is -2.08. The maximum atomic E-state index is 12.7. The standard InChI is InChI=1S/C25H39N3O3/c1-18(2)24(28-13-5-6-23(28)29)25(30)26-12-11-21-7-9-22(10-8-21)31-15-14-27-16-19(3)20(4)17-27/h7-10,18-20,24H,5-6,11-17H2,1-4H3,(H,26,30)/t19-,20-,24+/m0/s1. The highest BCUT2D eigenvalue weighted by molar-refractivity contribution is 5.88. The first-order chi connectivity index (χ1) is 14.8. The minimum Gasteiger partial charge on any atom is -0.492 e. The van der Waals surface area contributed by atoms with E-state index in [9.17, 15) is 9.59 Å². The third-order valence-electron chi connectivity index (χ3n) is 6.72. The molecule has 0 radical (unpaired) electrons. The number of nitrogens with zero attached hydrogens (tertiary/aromatic N) is 2. The van der Waals surface area contributed by atoms with E-state index < -0.39 is 0 Å². The Morgan fingerprint density at radius 1 is 1.16 bits per heavy atom. The van der Waals surface area contributed by atoms with E-state index in [2.05, 4.69) is 36.2 Å². The lowest BCUT2D eigenvalue weighted by molar-refractivity contribution is -0.139. The summed E-state index contributed by atoms with van der Waals surface area (Å²) in [6.07, 6.45) is 2.16. The van der Waals surface area contributed by atoms with Crippen molar-refractivity contribution in [2.45, 2.75) is 53.0 Å². The van der Waals surface area contributed by atoms with Crippen molar-refractivity contribution in [2.24, 2.45) is 17.8 Å². The van der Waals surface area contributed by atoms with Crippen LogP contribution in [0.2, 0.25) is 0 Å². The fourth-order valence-corrected chi connectivity index (χ4v) is 4.68. The van der Waals surface area contributed by atoms with Gasteiger partial charge in [0.1, 0.15) is 18.4 Å². The number of rotatable bonds is 10. The first-order valence-electron chi connectivity index (χ1n) is 11.9. The molecule has 2 saturated heterocycles. The number of ether oxygens (including phenoxy) is 1. The summed E-state index contributed by atoms with van der Waals surface area (Å²) in [6, 6.07) is 7.77. The van der Waals surface area contributed by atoms with Gasteiger partial charge in [-0.05, 0) is 48.3 Å². The fraction of sp³-hybridized carbons (Fsp3) is 0.680. The molecule has 6 heteroatoms. The van der Waals surface area contributed by atoms with Gasteiger partial charge in [-0.15, -0.1) is 0 Å². The molecule has 0 bridgehead atoms. The summed E-state index contributed by atoms with van der Waals surface area (Å²) in [5, 5.41) is 3.03. The SMILES string of the molecule is CC(C)[C@H](C(=O)NCCc1ccc(OCCN2C[C@H](C)[C@@H](C)C2)cc1)N1CCCC1=O. The number of nitrogens with one attached hydrogen (secondary N) is 1. The number of benzene rings is 1. The number of amides is 2. The van der Waals surface area contributed by atoms with Crippen molar-refractivity contribution in [2.75, 3.05) is 39.3 Å². The van der Waals surface area contributed by atoms with Gasteiger partial charge in [-0.3, -0.25) is 14.5 Å². The van der Waals surface area contributed by atoms with Crippen molar-refractivity contribution in [3.8, 4) is 5.75 Å². The Bertz CT molecular complexity index is 724. The van der Waals surface area contributed by atoms with Crippen LogP contribution in [-0.4, -0.2) is 67.0 Å². The second-order valence-corrected chi connectivity index (χ2v) is 9.63. The molecule has 0 unspecified atom stereocenters. The predicted octanol–water partition coefficient (Wildman–Crippen LogP) is 2.96. The second kappa shape index (κ2) is 11.0. The van der Waals surface area contributed by atoms with Gasteiger partial charge in [0.05, 0.1) is 0 Å². The van der Waals surface area contributed by atoms with Crippen molar-refractivity contribution in [3.63, 3.8) is 0 Å². The lowest BCUT2D eigenvalue weighted by atomic mass is 10.0. The maximum Gasteiger partial charge on any atom is 0.243 e. The molecule has 2 fully saturated rings. The monoisotopic (exact) mass is 429 g/mol. The summed E-state index contributed by atoms with van der Waals surface area (Å²) in [6.45, 7) is 13.9. The van der Waals surface area contributed by atoms with Gasteiger partial charge in [0, 0.05) is 39.1 Å². The van der Waals surface area contributed by atoms with E-state index in [0.717, 1.165) is 42.5 Å². The quantitative estimate of drug-likeness (QED) is 0.621. The molecule has 2 aliphatic heterocycles. The van der Waals surface area contributed by atoms with Crippen LogP contribution in [0, 0.1) is 17.8 Å². The number of carbonyl (C=O) groups excluding carboxylic acids is 2. The lowest BCUT2D eigenvalue weighted by Crippen LogP contribution is -2.50. The molecule has 0 aliphatic carbocycles. The molecule has 1 aromatic carbocycles. The van der Waals surface area contributed by atoms with Gasteiger partial charge in [0.2, 0.25) is 11.8 Å². The van der Waals surface area contributed by atoms with E-state index in [-0.39, 0.29) is 23.8 Å². The summed E-state index contributed by atoms with van der Waals surface area (Å²) < 4.78 is 5.91. The number of likely N-dealkylation sites (tertiary alicyclic amines) is 2. The van der Waals surface area contributed by atoms with Crippen molar-refractivity contribution in [1.29, 1.82) is 0 Å². The highest BCUT2D eigenvalue weighted by atomic mass is 16.5. The first-order valence-corrected chi connectivity index (χ1v) is 11.9. The molecule has 31 heavy (non-hydrogen) atoms. The van der Waals surface area contributed by atoms with Crippen molar-refractivity contribution in [1.82, 2.24) is 15.1 Å². The minimum atomic E-state index is -0.368. The topological polar surface area (TPSA) is 61.9 Å². The number of hydrogen-bond acceptors (Lipinski definition) is 4. The second-order valence-electron chi connectivity index (χ2n) is 9.63. The lowest BCUT2D eigenvalue weighted by Gasteiger charge is -2.29. The van der Waals surface area contributed by atoms with Crippen molar-refractivity contribution in [3.05, 3.63) is 29.8 Å². The Morgan fingerprint density at radius 3 is 2.42 bits per heavy atom. The minimum absolute atomic E-state index is 0.0456. The molecule has 2 heterocycles. The van der Waals surface area contributed by atoms with Crippen LogP contribution in [0.1, 0.15) is 46.1 Å². The van der Waals surface area contributed by atoms with E-state index in [4.69, 9.17) is 4.74 Å². The highest BCUT2D eigenvalue weighted by Gasteiger charge is 2.34. The molecular weight excluding hydrogens is 390 g/mol. The maximum absolute atomic E-state index is 12.7. The third-order valence-corrected chi connectivity index (χ3v) is 6.72. The largest absolute Gasteiger partial charge is 0.492 e. The van der Waals surface area contributed by atoms with E-state index >= 15 is 0 Å². The summed E-state index contributed by atoms with van der Waals surface area (Å²) in [5.74, 6) is 2.58. The molecule has 2 amide bonds. The Morgan fingerprint density at radius 2 is 1.84 bits per heavy atom. The summed E-state index contributed by atoms with van der Waals surface area (Å²) in [5.41, 5.74) is 1.16. The van der Waals surface area contributed by atoms with Crippen LogP contribution in [0.5, 0.6) is 5.75 Å². The van der Waals surface area contributed by atoms with E-state index in [1.807, 2.05) is 26.0 Å². The average Bonchev–Trinajstić information content (AvgIpc) is 3.28. The van der Waals surface area contributed by atoms with Gasteiger partial charge in [-0.1, -0.05) is 39.8 Å². The normalized spacial score (nSPS) is 22.9. The van der Waals surface area contributed by atoms with Crippen LogP contribution in [-0.2, 0) is 16.0 Å². The molecule has 3 rings (SSSR count). The Labute approximate surface area is 187 Å².